The minimum absolute atomic E-state index is 0.240. The topological polar surface area (TPSA) is 29.5 Å². The maximum absolute atomic E-state index is 11.0. The van der Waals surface area contributed by atoms with E-state index < -0.39 is 13.9 Å². The van der Waals surface area contributed by atoms with Crippen molar-refractivity contribution in [2.45, 2.75) is 130 Å². The molecule has 0 saturated heterocycles. The summed E-state index contributed by atoms with van der Waals surface area (Å²) in [7, 11) is -1.86. The summed E-state index contributed by atoms with van der Waals surface area (Å²) in [4.78, 5) is 0. The Morgan fingerprint density at radius 3 is 2.32 bits per heavy atom. The molecule has 4 saturated carbocycles. The van der Waals surface area contributed by atoms with Crippen molar-refractivity contribution < 1.29 is 9.53 Å². The standard InChI is InChI=1S/C28H50O2Si/c1-10-19-11-12-21-24-22(13-14-27(19,21)6)28(7)16-15-26(5,29)18-20(28)17-23(24)30-31(8,9)25(2,3)4/h10,20-24,29H,11-18H2,1-9H3/b19-10-/t20-,21-,22-,23+,24-,26+,27+,28-/m0/s1. The van der Waals surface area contributed by atoms with Gasteiger partial charge in [0.1, 0.15) is 0 Å². The third-order valence-corrected chi connectivity index (χ3v) is 15.9. The molecule has 4 aliphatic carbocycles. The van der Waals surface area contributed by atoms with E-state index in [9.17, 15) is 5.11 Å². The highest BCUT2D eigenvalue weighted by Gasteiger charge is 2.63. The Bertz CT molecular complexity index is 732. The summed E-state index contributed by atoms with van der Waals surface area (Å²) in [5.41, 5.74) is 1.99. The van der Waals surface area contributed by atoms with E-state index in [0.29, 0.717) is 28.8 Å². The Hall–Kier alpha value is -0.123. The molecule has 0 aromatic heterocycles. The highest BCUT2D eigenvalue weighted by atomic mass is 28.4. The molecule has 0 amide bonds. The highest BCUT2D eigenvalue weighted by molar-refractivity contribution is 6.74. The van der Waals surface area contributed by atoms with E-state index in [0.717, 1.165) is 31.1 Å². The third kappa shape index (κ3) is 3.73. The van der Waals surface area contributed by atoms with Gasteiger partial charge in [0.05, 0.1) is 5.60 Å². The minimum Gasteiger partial charge on any atom is -0.414 e. The fourth-order valence-electron chi connectivity index (χ4n) is 8.38. The van der Waals surface area contributed by atoms with Gasteiger partial charge in [-0.15, -0.1) is 0 Å². The van der Waals surface area contributed by atoms with Crippen LogP contribution in [0.5, 0.6) is 0 Å². The second-order valence-electron chi connectivity index (χ2n) is 14.2. The summed E-state index contributed by atoms with van der Waals surface area (Å²) in [6, 6.07) is 0. The van der Waals surface area contributed by atoms with Crippen LogP contribution in [0, 0.1) is 34.5 Å². The molecule has 31 heavy (non-hydrogen) atoms. The van der Waals surface area contributed by atoms with E-state index in [1.165, 1.54) is 32.1 Å². The predicted octanol–water partition coefficient (Wildman–Crippen LogP) is 7.73. The van der Waals surface area contributed by atoms with Crippen LogP contribution >= 0.6 is 0 Å². The lowest BCUT2D eigenvalue weighted by Gasteiger charge is -2.64. The van der Waals surface area contributed by atoms with Crippen molar-refractivity contribution in [3.05, 3.63) is 11.6 Å². The minimum atomic E-state index is -1.86. The van der Waals surface area contributed by atoms with Crippen LogP contribution in [0.1, 0.15) is 99.8 Å². The van der Waals surface area contributed by atoms with E-state index in [2.05, 4.69) is 67.6 Å². The first-order chi connectivity index (χ1) is 14.1. The molecule has 4 aliphatic rings. The second-order valence-corrected chi connectivity index (χ2v) is 18.9. The van der Waals surface area contributed by atoms with Crippen molar-refractivity contribution in [2.75, 3.05) is 0 Å². The van der Waals surface area contributed by atoms with Gasteiger partial charge >= 0.3 is 0 Å². The molecule has 178 valence electrons. The maximum Gasteiger partial charge on any atom is 0.192 e. The summed E-state index contributed by atoms with van der Waals surface area (Å²) in [5.74, 6) is 2.81. The Balaban J connectivity index is 1.74. The lowest BCUT2D eigenvalue weighted by molar-refractivity contribution is -0.175. The number of rotatable bonds is 2. The lowest BCUT2D eigenvalue weighted by Crippen LogP contribution is -2.61. The van der Waals surface area contributed by atoms with E-state index in [-0.39, 0.29) is 5.04 Å². The molecule has 1 N–H and O–H groups in total. The molecule has 0 aromatic rings. The van der Waals surface area contributed by atoms with Crippen molar-refractivity contribution in [1.29, 1.82) is 0 Å². The van der Waals surface area contributed by atoms with Crippen molar-refractivity contribution in [1.82, 2.24) is 0 Å². The van der Waals surface area contributed by atoms with Gasteiger partial charge in [-0.2, -0.15) is 0 Å². The first-order valence-electron chi connectivity index (χ1n) is 13.2. The Morgan fingerprint density at radius 2 is 1.71 bits per heavy atom. The van der Waals surface area contributed by atoms with E-state index in [1.807, 2.05) is 0 Å². The molecule has 0 aliphatic heterocycles. The fraction of sp³-hybridized carbons (Fsp3) is 0.929. The van der Waals surface area contributed by atoms with Gasteiger partial charge in [-0.1, -0.05) is 46.3 Å². The normalized spacial score (nSPS) is 49.5. The van der Waals surface area contributed by atoms with Crippen molar-refractivity contribution in [3.63, 3.8) is 0 Å². The van der Waals surface area contributed by atoms with Gasteiger partial charge in [0, 0.05) is 6.10 Å². The molecule has 4 rings (SSSR count). The van der Waals surface area contributed by atoms with Gasteiger partial charge in [0.2, 0.25) is 0 Å². The monoisotopic (exact) mass is 446 g/mol. The molecule has 0 radical (unpaired) electrons. The Kier molecular flexibility index (Phi) is 5.76. The Morgan fingerprint density at radius 1 is 1.03 bits per heavy atom. The zero-order valence-electron chi connectivity index (χ0n) is 22.0. The van der Waals surface area contributed by atoms with Crippen molar-refractivity contribution in [3.8, 4) is 0 Å². The van der Waals surface area contributed by atoms with Crippen LogP contribution in [-0.2, 0) is 4.43 Å². The fourth-order valence-corrected chi connectivity index (χ4v) is 9.74. The third-order valence-electron chi connectivity index (χ3n) is 11.4. The SMILES string of the molecule is C/C=C1/CC[C@H]2[C@@H]3[C@H](O[Si](C)(C)C(C)(C)C)C[C@H]4C[C@](C)(O)CC[C@]4(C)[C@H]3CC[C@]12C. The van der Waals surface area contributed by atoms with Gasteiger partial charge in [-0.25, -0.2) is 0 Å². The number of aliphatic hydroxyl groups is 1. The van der Waals surface area contributed by atoms with Gasteiger partial charge in [0.25, 0.3) is 0 Å². The molecular weight excluding hydrogens is 396 g/mol. The zero-order valence-corrected chi connectivity index (χ0v) is 23.0. The molecule has 0 unspecified atom stereocenters. The zero-order chi connectivity index (χ0) is 23.0. The lowest BCUT2D eigenvalue weighted by atomic mass is 9.43. The average molecular weight is 447 g/mol. The van der Waals surface area contributed by atoms with Crippen LogP contribution in [0.25, 0.3) is 0 Å². The van der Waals surface area contributed by atoms with Crippen LogP contribution < -0.4 is 0 Å². The molecule has 2 nitrogen and oxygen atoms in total. The first kappa shape index (κ1) is 24.0. The van der Waals surface area contributed by atoms with Gasteiger partial charge in [-0.05, 0) is 118 Å². The summed E-state index contributed by atoms with van der Waals surface area (Å²) < 4.78 is 7.33. The summed E-state index contributed by atoms with van der Waals surface area (Å²) in [6.07, 6.45) is 12.5. The second kappa shape index (κ2) is 7.44. The van der Waals surface area contributed by atoms with Gasteiger partial charge in [-0.3, -0.25) is 0 Å². The van der Waals surface area contributed by atoms with E-state index in [4.69, 9.17) is 4.43 Å². The van der Waals surface area contributed by atoms with Gasteiger partial charge < -0.3 is 9.53 Å². The number of hydrogen-bond acceptors (Lipinski definition) is 2. The van der Waals surface area contributed by atoms with Crippen LogP contribution in [0.15, 0.2) is 11.6 Å². The predicted molar refractivity (Wildman–Crippen MR) is 134 cm³/mol. The average Bonchev–Trinajstić information content (AvgIpc) is 2.98. The Labute approximate surface area is 193 Å². The molecule has 0 bridgehead atoms. The maximum atomic E-state index is 11.0. The number of fused-ring (bicyclic) bond motifs is 5. The first-order valence-corrected chi connectivity index (χ1v) is 16.1. The quantitative estimate of drug-likeness (QED) is 0.347. The number of allylic oxidation sites excluding steroid dienone is 2. The number of hydrogen-bond donors (Lipinski definition) is 1. The molecule has 0 aromatic carbocycles. The van der Waals surface area contributed by atoms with Gasteiger partial charge in [0.15, 0.2) is 8.32 Å². The van der Waals surface area contributed by atoms with E-state index in [1.54, 1.807) is 5.57 Å². The van der Waals surface area contributed by atoms with E-state index >= 15 is 0 Å². The highest BCUT2D eigenvalue weighted by Crippen LogP contribution is 2.68. The molecule has 3 heteroatoms. The summed E-state index contributed by atoms with van der Waals surface area (Å²) >= 11 is 0. The molecule has 0 spiro atoms. The molecule has 8 atom stereocenters. The molecular formula is C28H50O2Si. The molecule has 0 heterocycles. The van der Waals surface area contributed by atoms with Crippen LogP contribution in [-0.4, -0.2) is 25.1 Å². The van der Waals surface area contributed by atoms with Crippen molar-refractivity contribution >= 4 is 8.32 Å². The summed E-state index contributed by atoms with van der Waals surface area (Å²) in [6.45, 7) is 21.6. The van der Waals surface area contributed by atoms with Crippen molar-refractivity contribution in [2.24, 2.45) is 34.5 Å². The van der Waals surface area contributed by atoms with Crippen LogP contribution in [0.4, 0.5) is 0 Å². The molecule has 4 fully saturated rings. The largest absolute Gasteiger partial charge is 0.414 e. The van der Waals surface area contributed by atoms with Crippen LogP contribution in [0.2, 0.25) is 18.1 Å². The van der Waals surface area contributed by atoms with Crippen LogP contribution in [0.3, 0.4) is 0 Å². The summed E-state index contributed by atoms with van der Waals surface area (Å²) in [5, 5.41) is 11.2. The smallest absolute Gasteiger partial charge is 0.192 e.